The largest absolute Gasteiger partial charge is 0.480 e. The van der Waals surface area contributed by atoms with Gasteiger partial charge in [-0.15, -0.1) is 0 Å². The summed E-state index contributed by atoms with van der Waals surface area (Å²) in [4.78, 5) is 8.32. The maximum Gasteiger partial charge on any atom is 0.325 e. The van der Waals surface area contributed by atoms with E-state index < -0.39 is 0 Å². The van der Waals surface area contributed by atoms with Crippen molar-refractivity contribution in [2.75, 3.05) is 7.11 Å². The van der Waals surface area contributed by atoms with Crippen LogP contribution in [-0.4, -0.2) is 17.1 Å². The van der Waals surface area contributed by atoms with E-state index in [4.69, 9.17) is 9.47 Å². The van der Waals surface area contributed by atoms with Gasteiger partial charge in [-0.1, -0.05) is 36.4 Å². The van der Waals surface area contributed by atoms with Crippen LogP contribution < -0.4 is 9.47 Å². The summed E-state index contributed by atoms with van der Waals surface area (Å²) in [6.45, 7) is 0. The molecule has 0 aliphatic heterocycles. The molecule has 3 aromatic rings. The quantitative estimate of drug-likeness (QED) is 0.722. The number of methoxy groups -OCH3 is 1. The highest BCUT2D eigenvalue weighted by Crippen LogP contribution is 2.30. The van der Waals surface area contributed by atoms with Gasteiger partial charge in [0.2, 0.25) is 5.88 Å². The molecule has 0 unspecified atom stereocenters. The highest BCUT2D eigenvalue weighted by Gasteiger charge is 2.08. The molecule has 0 radical (unpaired) electrons. The second-order valence-corrected chi connectivity index (χ2v) is 4.94. The van der Waals surface area contributed by atoms with Gasteiger partial charge in [-0.2, -0.15) is 4.98 Å². The van der Waals surface area contributed by atoms with Crippen molar-refractivity contribution in [3.05, 3.63) is 53.1 Å². The number of halogens is 1. The summed E-state index contributed by atoms with van der Waals surface area (Å²) in [5.41, 5.74) is 0. The predicted molar refractivity (Wildman–Crippen MR) is 80.3 cm³/mol. The van der Waals surface area contributed by atoms with Gasteiger partial charge in [0, 0.05) is 5.39 Å². The third-order valence-electron chi connectivity index (χ3n) is 2.83. The fraction of sp³-hybridized carbons (Fsp3) is 0.0667. The molecular weight excluding hydrogens is 320 g/mol. The van der Waals surface area contributed by atoms with Crippen LogP contribution >= 0.6 is 15.9 Å². The van der Waals surface area contributed by atoms with E-state index >= 15 is 0 Å². The highest BCUT2D eigenvalue weighted by atomic mass is 79.9. The zero-order valence-corrected chi connectivity index (χ0v) is 12.3. The van der Waals surface area contributed by atoms with Crippen LogP contribution in [0.5, 0.6) is 17.6 Å². The number of hydrogen-bond donors (Lipinski definition) is 0. The molecule has 0 N–H and O–H groups in total. The average molecular weight is 331 g/mol. The minimum Gasteiger partial charge on any atom is -0.480 e. The van der Waals surface area contributed by atoms with Crippen molar-refractivity contribution in [1.29, 1.82) is 0 Å². The first-order valence-electron chi connectivity index (χ1n) is 6.00. The van der Waals surface area contributed by atoms with Gasteiger partial charge in [0.1, 0.15) is 5.75 Å². The predicted octanol–water partition coefficient (Wildman–Crippen LogP) is 4.19. The van der Waals surface area contributed by atoms with Crippen molar-refractivity contribution >= 4 is 26.7 Å². The maximum absolute atomic E-state index is 5.77. The lowest BCUT2D eigenvalue weighted by Gasteiger charge is -2.08. The van der Waals surface area contributed by atoms with Crippen LogP contribution in [0.3, 0.4) is 0 Å². The molecule has 1 heterocycles. The smallest absolute Gasteiger partial charge is 0.325 e. The first kappa shape index (κ1) is 12.9. The lowest BCUT2D eigenvalue weighted by atomic mass is 10.1. The SMILES string of the molecule is COc1nc(Oc2cccc3ccccc23)ncc1Br. The molecule has 1 aromatic heterocycles. The van der Waals surface area contributed by atoms with Crippen LogP contribution in [0, 0.1) is 0 Å². The Morgan fingerprint density at radius 1 is 1.05 bits per heavy atom. The third-order valence-corrected chi connectivity index (χ3v) is 3.38. The summed E-state index contributed by atoms with van der Waals surface area (Å²) in [5, 5.41) is 2.12. The van der Waals surface area contributed by atoms with Gasteiger partial charge in [-0.05, 0) is 27.4 Å². The Morgan fingerprint density at radius 2 is 1.85 bits per heavy atom. The van der Waals surface area contributed by atoms with Gasteiger partial charge in [0.15, 0.2) is 0 Å². The van der Waals surface area contributed by atoms with E-state index in [1.807, 2.05) is 42.5 Å². The summed E-state index contributed by atoms with van der Waals surface area (Å²) in [5.74, 6) is 1.16. The van der Waals surface area contributed by atoms with Gasteiger partial charge in [-0.25, -0.2) is 4.98 Å². The second-order valence-electron chi connectivity index (χ2n) is 4.09. The van der Waals surface area contributed by atoms with Gasteiger partial charge in [0.25, 0.3) is 0 Å². The fourth-order valence-corrected chi connectivity index (χ4v) is 2.26. The van der Waals surface area contributed by atoms with Crippen LogP contribution in [0.1, 0.15) is 0 Å². The van der Waals surface area contributed by atoms with E-state index in [9.17, 15) is 0 Å². The average Bonchev–Trinajstić information content (AvgIpc) is 2.49. The van der Waals surface area contributed by atoms with E-state index in [2.05, 4.69) is 25.9 Å². The highest BCUT2D eigenvalue weighted by molar-refractivity contribution is 9.10. The molecule has 0 amide bonds. The summed E-state index contributed by atoms with van der Waals surface area (Å²) < 4.78 is 11.6. The number of ether oxygens (including phenoxy) is 2. The Kier molecular flexibility index (Phi) is 3.52. The van der Waals surface area contributed by atoms with Gasteiger partial charge < -0.3 is 9.47 Å². The number of nitrogens with zero attached hydrogens (tertiary/aromatic N) is 2. The van der Waals surface area contributed by atoms with Crippen molar-refractivity contribution in [3.8, 4) is 17.6 Å². The van der Waals surface area contributed by atoms with Crippen LogP contribution in [-0.2, 0) is 0 Å². The molecule has 0 saturated carbocycles. The summed E-state index contributed by atoms with van der Waals surface area (Å²) in [6.07, 6.45) is 1.60. The minimum atomic E-state index is 0.251. The Morgan fingerprint density at radius 3 is 2.70 bits per heavy atom. The monoisotopic (exact) mass is 330 g/mol. The molecule has 0 fully saturated rings. The lowest BCUT2D eigenvalue weighted by molar-refractivity contribution is 0.374. The molecule has 100 valence electrons. The number of aromatic nitrogens is 2. The van der Waals surface area contributed by atoms with E-state index in [0.29, 0.717) is 16.1 Å². The number of fused-ring (bicyclic) bond motifs is 1. The first-order chi connectivity index (χ1) is 9.78. The van der Waals surface area contributed by atoms with Gasteiger partial charge in [0.05, 0.1) is 17.8 Å². The topological polar surface area (TPSA) is 44.2 Å². The third kappa shape index (κ3) is 2.44. The summed E-state index contributed by atoms with van der Waals surface area (Å²) in [7, 11) is 1.55. The molecule has 20 heavy (non-hydrogen) atoms. The standard InChI is InChI=1S/C15H11BrN2O2/c1-19-14-12(16)9-17-15(18-14)20-13-8-4-6-10-5-2-3-7-11(10)13/h2-9H,1H3. The molecule has 0 saturated heterocycles. The molecule has 0 bridgehead atoms. The molecule has 3 rings (SSSR count). The second kappa shape index (κ2) is 5.46. The van der Waals surface area contributed by atoms with E-state index in [-0.39, 0.29) is 6.01 Å². The van der Waals surface area contributed by atoms with Crippen molar-refractivity contribution in [3.63, 3.8) is 0 Å². The maximum atomic E-state index is 5.77. The molecule has 0 aliphatic rings. The number of rotatable bonds is 3. The van der Waals surface area contributed by atoms with Crippen LogP contribution in [0.4, 0.5) is 0 Å². The van der Waals surface area contributed by atoms with Crippen molar-refractivity contribution in [2.24, 2.45) is 0 Å². The first-order valence-corrected chi connectivity index (χ1v) is 6.79. The van der Waals surface area contributed by atoms with Crippen molar-refractivity contribution in [1.82, 2.24) is 9.97 Å². The number of benzene rings is 2. The van der Waals surface area contributed by atoms with Crippen molar-refractivity contribution < 1.29 is 9.47 Å². The van der Waals surface area contributed by atoms with Crippen LogP contribution in [0.2, 0.25) is 0 Å². The minimum absolute atomic E-state index is 0.251. The van der Waals surface area contributed by atoms with E-state index in [1.54, 1.807) is 13.3 Å². The normalized spacial score (nSPS) is 10.5. The Bertz CT molecular complexity index is 756. The zero-order chi connectivity index (χ0) is 13.9. The lowest BCUT2D eigenvalue weighted by Crippen LogP contribution is -1.96. The Labute approximate surface area is 124 Å². The van der Waals surface area contributed by atoms with Crippen LogP contribution in [0.15, 0.2) is 53.1 Å². The molecule has 4 nitrogen and oxygen atoms in total. The number of hydrogen-bond acceptors (Lipinski definition) is 4. The molecule has 0 spiro atoms. The zero-order valence-electron chi connectivity index (χ0n) is 10.7. The van der Waals surface area contributed by atoms with Gasteiger partial charge >= 0.3 is 6.01 Å². The fourth-order valence-electron chi connectivity index (χ4n) is 1.91. The molecular formula is C15H11BrN2O2. The Hall–Kier alpha value is -2.14. The molecule has 2 aromatic carbocycles. The van der Waals surface area contributed by atoms with Crippen molar-refractivity contribution in [2.45, 2.75) is 0 Å². The van der Waals surface area contributed by atoms with E-state index in [1.165, 1.54) is 0 Å². The Balaban J connectivity index is 2.01. The van der Waals surface area contributed by atoms with Gasteiger partial charge in [-0.3, -0.25) is 0 Å². The molecule has 5 heteroatoms. The molecule has 0 atom stereocenters. The van der Waals surface area contributed by atoms with Crippen LogP contribution in [0.25, 0.3) is 10.8 Å². The molecule has 0 aliphatic carbocycles. The summed E-state index contributed by atoms with van der Waals surface area (Å²) in [6, 6.07) is 14.1. The van der Waals surface area contributed by atoms with E-state index in [0.717, 1.165) is 10.8 Å². The summed E-state index contributed by atoms with van der Waals surface area (Å²) >= 11 is 3.31.